The summed E-state index contributed by atoms with van der Waals surface area (Å²) in [4.78, 5) is 0. The maximum absolute atomic E-state index is 9.00. The smallest absolute Gasteiger partial charge is 0.0573 e. The van der Waals surface area contributed by atoms with E-state index in [0.29, 0.717) is 0 Å². The van der Waals surface area contributed by atoms with Gasteiger partial charge in [0.25, 0.3) is 0 Å². The molecule has 2 heteroatoms. The van der Waals surface area contributed by atoms with Gasteiger partial charge in [-0.05, 0) is 25.3 Å². The van der Waals surface area contributed by atoms with Crippen molar-refractivity contribution in [2.45, 2.75) is 24.5 Å². The molecule has 0 spiro atoms. The molecule has 0 aliphatic rings. The van der Waals surface area contributed by atoms with Crippen LogP contribution in [0.5, 0.6) is 0 Å². The van der Waals surface area contributed by atoms with E-state index in [2.05, 4.69) is 24.8 Å². The minimum Gasteiger partial charge on any atom is -0.395 e. The van der Waals surface area contributed by atoms with Gasteiger partial charge in [-0.3, -0.25) is 0 Å². The summed E-state index contributed by atoms with van der Waals surface area (Å²) in [6, 6.07) is 10.3. The van der Waals surface area contributed by atoms with Crippen molar-refractivity contribution >= 4 is 12.6 Å². The number of rotatable bonds is 4. The van der Waals surface area contributed by atoms with Crippen LogP contribution in [0.15, 0.2) is 30.3 Å². The van der Waals surface area contributed by atoms with Crippen LogP contribution >= 0.6 is 12.6 Å². The Labute approximate surface area is 85.2 Å². The monoisotopic (exact) mass is 196 g/mol. The molecule has 13 heavy (non-hydrogen) atoms. The molecule has 72 valence electrons. The number of benzene rings is 1. The fraction of sp³-hybridized carbons (Fsp3) is 0.455. The molecule has 1 unspecified atom stereocenters. The molecule has 0 aliphatic heterocycles. The van der Waals surface area contributed by atoms with Gasteiger partial charge in [-0.15, -0.1) is 0 Å². The van der Waals surface area contributed by atoms with E-state index >= 15 is 0 Å². The Morgan fingerprint density at radius 1 is 1.31 bits per heavy atom. The predicted molar refractivity (Wildman–Crippen MR) is 59.2 cm³/mol. The number of aryl methyl sites for hydroxylation is 1. The first-order valence-corrected chi connectivity index (χ1v) is 4.96. The molecular weight excluding hydrogens is 180 g/mol. The lowest BCUT2D eigenvalue weighted by molar-refractivity contribution is 0.251. The average Bonchev–Trinajstić information content (AvgIpc) is 2.17. The molecule has 1 N–H and O–H groups in total. The second-order valence-electron chi connectivity index (χ2n) is 3.64. The highest BCUT2D eigenvalue weighted by Gasteiger charge is 2.16. The number of hydrogen-bond donors (Lipinski definition) is 2. The van der Waals surface area contributed by atoms with E-state index in [-0.39, 0.29) is 11.4 Å². The maximum Gasteiger partial charge on any atom is 0.0573 e. The van der Waals surface area contributed by atoms with E-state index in [1.165, 1.54) is 5.56 Å². The fourth-order valence-electron chi connectivity index (χ4n) is 1.14. The van der Waals surface area contributed by atoms with Crippen LogP contribution in [-0.2, 0) is 6.42 Å². The average molecular weight is 196 g/mol. The molecule has 0 bridgehead atoms. The van der Waals surface area contributed by atoms with Crippen LogP contribution in [0.4, 0.5) is 0 Å². The number of aliphatic hydroxyl groups excluding tert-OH is 1. The van der Waals surface area contributed by atoms with Crippen molar-refractivity contribution in [3.63, 3.8) is 0 Å². The van der Waals surface area contributed by atoms with Gasteiger partial charge in [0.1, 0.15) is 0 Å². The molecule has 0 saturated carbocycles. The van der Waals surface area contributed by atoms with Crippen molar-refractivity contribution in [1.29, 1.82) is 0 Å². The standard InChI is InChI=1S/C11H16OS/c1-11(13,9-12)8-7-10-5-3-2-4-6-10/h2-6,12-13H,7-9H2,1H3. The van der Waals surface area contributed by atoms with E-state index in [1.54, 1.807) is 0 Å². The SMILES string of the molecule is CC(S)(CO)CCc1ccccc1. The lowest BCUT2D eigenvalue weighted by Crippen LogP contribution is -2.22. The summed E-state index contributed by atoms with van der Waals surface area (Å²) in [6.45, 7) is 2.09. The van der Waals surface area contributed by atoms with Crippen LogP contribution in [0.3, 0.4) is 0 Å². The van der Waals surface area contributed by atoms with E-state index in [0.717, 1.165) is 12.8 Å². The van der Waals surface area contributed by atoms with Crippen molar-refractivity contribution in [2.75, 3.05) is 6.61 Å². The van der Waals surface area contributed by atoms with E-state index in [9.17, 15) is 0 Å². The molecule has 0 aromatic heterocycles. The highest BCUT2D eigenvalue weighted by atomic mass is 32.1. The molecule has 0 saturated heterocycles. The molecule has 0 aliphatic carbocycles. The van der Waals surface area contributed by atoms with Crippen molar-refractivity contribution in [1.82, 2.24) is 0 Å². The van der Waals surface area contributed by atoms with Crippen LogP contribution < -0.4 is 0 Å². The molecule has 1 aromatic carbocycles. The van der Waals surface area contributed by atoms with Crippen LogP contribution in [0.25, 0.3) is 0 Å². The second-order valence-corrected chi connectivity index (χ2v) is 4.72. The first-order valence-electron chi connectivity index (χ1n) is 4.51. The zero-order chi connectivity index (χ0) is 9.73. The summed E-state index contributed by atoms with van der Waals surface area (Å²) in [5, 5.41) is 9.00. The molecule has 1 rings (SSSR count). The van der Waals surface area contributed by atoms with E-state index < -0.39 is 0 Å². The second kappa shape index (κ2) is 4.68. The third-order valence-electron chi connectivity index (χ3n) is 2.14. The molecule has 1 nitrogen and oxygen atoms in total. The Morgan fingerprint density at radius 3 is 2.46 bits per heavy atom. The minimum absolute atomic E-state index is 0.128. The van der Waals surface area contributed by atoms with Gasteiger partial charge in [0.05, 0.1) is 6.61 Å². The Morgan fingerprint density at radius 2 is 1.92 bits per heavy atom. The molecule has 0 radical (unpaired) electrons. The summed E-state index contributed by atoms with van der Waals surface area (Å²) in [5.74, 6) is 0. The zero-order valence-electron chi connectivity index (χ0n) is 7.90. The maximum atomic E-state index is 9.00. The highest BCUT2D eigenvalue weighted by Crippen LogP contribution is 2.19. The van der Waals surface area contributed by atoms with Crippen molar-refractivity contribution in [3.8, 4) is 0 Å². The normalized spacial score (nSPS) is 15.3. The van der Waals surface area contributed by atoms with Gasteiger partial charge in [0.2, 0.25) is 0 Å². The van der Waals surface area contributed by atoms with Crippen LogP contribution in [0.1, 0.15) is 18.9 Å². The molecule has 0 fully saturated rings. The van der Waals surface area contributed by atoms with E-state index in [4.69, 9.17) is 5.11 Å². The summed E-state index contributed by atoms with van der Waals surface area (Å²) < 4.78 is -0.254. The summed E-state index contributed by atoms with van der Waals surface area (Å²) in [7, 11) is 0. The molecular formula is C11H16OS. The molecule has 1 atom stereocenters. The Balaban J connectivity index is 2.44. The van der Waals surface area contributed by atoms with Gasteiger partial charge in [-0.2, -0.15) is 12.6 Å². The third-order valence-corrected chi connectivity index (χ3v) is 2.50. The zero-order valence-corrected chi connectivity index (χ0v) is 8.80. The first kappa shape index (κ1) is 10.6. The van der Waals surface area contributed by atoms with Gasteiger partial charge < -0.3 is 5.11 Å². The topological polar surface area (TPSA) is 20.2 Å². The van der Waals surface area contributed by atoms with Crippen LogP contribution in [0, 0.1) is 0 Å². The number of thiol groups is 1. The van der Waals surface area contributed by atoms with Crippen LogP contribution in [-0.4, -0.2) is 16.5 Å². The lowest BCUT2D eigenvalue weighted by atomic mass is 10.0. The van der Waals surface area contributed by atoms with Crippen molar-refractivity contribution in [3.05, 3.63) is 35.9 Å². The van der Waals surface area contributed by atoms with Gasteiger partial charge in [0.15, 0.2) is 0 Å². The van der Waals surface area contributed by atoms with Gasteiger partial charge in [-0.1, -0.05) is 30.3 Å². The molecule has 1 aromatic rings. The Bertz CT molecular complexity index is 244. The Hall–Kier alpha value is -0.470. The highest BCUT2D eigenvalue weighted by molar-refractivity contribution is 7.81. The Kier molecular flexibility index (Phi) is 3.82. The minimum atomic E-state index is -0.254. The lowest BCUT2D eigenvalue weighted by Gasteiger charge is -2.19. The van der Waals surface area contributed by atoms with E-state index in [1.807, 2.05) is 25.1 Å². The van der Waals surface area contributed by atoms with Gasteiger partial charge in [0, 0.05) is 4.75 Å². The molecule has 0 heterocycles. The van der Waals surface area contributed by atoms with Crippen molar-refractivity contribution < 1.29 is 5.11 Å². The quantitative estimate of drug-likeness (QED) is 0.708. The summed E-state index contributed by atoms with van der Waals surface area (Å²) in [6.07, 6.45) is 1.87. The third kappa shape index (κ3) is 3.83. The number of aliphatic hydroxyl groups is 1. The largest absolute Gasteiger partial charge is 0.395 e. The van der Waals surface area contributed by atoms with Crippen LogP contribution in [0.2, 0.25) is 0 Å². The predicted octanol–water partition coefficient (Wildman–Crippen LogP) is 2.30. The van der Waals surface area contributed by atoms with Gasteiger partial charge in [-0.25, -0.2) is 0 Å². The van der Waals surface area contributed by atoms with Gasteiger partial charge >= 0.3 is 0 Å². The van der Waals surface area contributed by atoms with Crippen molar-refractivity contribution in [2.24, 2.45) is 0 Å². The summed E-state index contributed by atoms with van der Waals surface area (Å²) >= 11 is 4.37. The first-order chi connectivity index (χ1) is 6.14. The summed E-state index contributed by atoms with van der Waals surface area (Å²) in [5.41, 5.74) is 1.30. The number of hydrogen-bond acceptors (Lipinski definition) is 2. The molecule has 0 amide bonds. The fourth-order valence-corrected chi connectivity index (χ4v) is 1.25.